The summed E-state index contributed by atoms with van der Waals surface area (Å²) >= 11 is 0. The molecule has 0 N–H and O–H groups in total. The monoisotopic (exact) mass is 619 g/mol. The van der Waals surface area contributed by atoms with Gasteiger partial charge in [-0.05, 0) is 38.5 Å². The topological polar surface area (TPSA) is 128 Å². The van der Waals surface area contributed by atoms with Crippen LogP contribution in [0.15, 0.2) is 12.2 Å². The summed E-state index contributed by atoms with van der Waals surface area (Å²) in [5.41, 5.74) is 0. The van der Waals surface area contributed by atoms with Crippen molar-refractivity contribution in [3.63, 3.8) is 0 Å². The highest BCUT2D eigenvalue weighted by molar-refractivity contribution is 7.45. The van der Waals surface area contributed by atoms with Crippen molar-refractivity contribution in [2.75, 3.05) is 47.5 Å². The number of likely N-dealkylation sites (N-methyl/N-ethyl adjacent to an activating group) is 1. The Kier molecular flexibility index (Phi) is 24.9. The molecule has 0 saturated carbocycles. The fraction of sp³-hybridized carbons (Fsp3) is 0.839. The summed E-state index contributed by atoms with van der Waals surface area (Å²) in [5, 5.41) is 0. The van der Waals surface area contributed by atoms with Crippen molar-refractivity contribution in [2.45, 2.75) is 122 Å². The number of carbonyl (C=O) groups excluding carboxylic acids is 3. The van der Waals surface area contributed by atoms with Crippen molar-refractivity contribution in [3.05, 3.63) is 12.2 Å². The average molecular weight is 620 g/mol. The molecule has 0 fully saturated rings. The van der Waals surface area contributed by atoms with E-state index in [4.69, 9.17) is 18.5 Å². The lowest BCUT2D eigenvalue weighted by Gasteiger charge is -2.28. The van der Waals surface area contributed by atoms with Crippen LogP contribution in [0.25, 0.3) is 0 Å². The molecular formula is C31H58NO9P. The lowest BCUT2D eigenvalue weighted by atomic mass is 10.1. The molecule has 0 aliphatic heterocycles. The largest absolute Gasteiger partial charge is 0.756 e. The van der Waals surface area contributed by atoms with E-state index in [0.717, 1.165) is 32.1 Å². The Morgan fingerprint density at radius 1 is 0.762 bits per heavy atom. The van der Waals surface area contributed by atoms with E-state index in [1.54, 1.807) is 0 Å². The van der Waals surface area contributed by atoms with E-state index in [0.29, 0.717) is 30.2 Å². The first-order valence-electron chi connectivity index (χ1n) is 15.8. The number of unbranched alkanes of at least 4 members (excludes halogenated alkanes) is 12. The van der Waals surface area contributed by atoms with E-state index in [1.807, 2.05) is 21.1 Å². The zero-order valence-corrected chi connectivity index (χ0v) is 27.6. The maximum Gasteiger partial charge on any atom is 0.306 e. The summed E-state index contributed by atoms with van der Waals surface area (Å²) in [4.78, 5) is 46.9. The number of ether oxygens (including phenoxy) is 2. The Hall–Kier alpha value is -1.58. The van der Waals surface area contributed by atoms with E-state index in [-0.39, 0.29) is 32.5 Å². The van der Waals surface area contributed by atoms with Gasteiger partial charge in [-0.2, -0.15) is 0 Å². The summed E-state index contributed by atoms with van der Waals surface area (Å²) in [6.07, 6.45) is 20.0. The molecule has 42 heavy (non-hydrogen) atoms. The molecule has 0 saturated heterocycles. The summed E-state index contributed by atoms with van der Waals surface area (Å²) in [6.45, 7) is 1.75. The van der Waals surface area contributed by atoms with Crippen LogP contribution in [-0.2, 0) is 37.5 Å². The summed E-state index contributed by atoms with van der Waals surface area (Å²) < 4.78 is 32.9. The van der Waals surface area contributed by atoms with E-state index in [2.05, 4.69) is 19.1 Å². The van der Waals surface area contributed by atoms with Gasteiger partial charge in [0.1, 0.15) is 26.0 Å². The predicted octanol–water partition coefficient (Wildman–Crippen LogP) is 6.06. The number of hydrogen-bond acceptors (Lipinski definition) is 9. The number of allylic oxidation sites excluding steroid dienone is 2. The fourth-order valence-corrected chi connectivity index (χ4v) is 4.66. The number of aldehydes is 1. The SMILES string of the molecule is CCCCCCCC/C=C\CCCCCCCC(=O)OC[C@H](COP(=O)([O-])OCC[N+](C)(C)C)OC(=O)CCCC=O. The molecule has 0 aromatic carbocycles. The highest BCUT2D eigenvalue weighted by atomic mass is 31.2. The van der Waals surface area contributed by atoms with Gasteiger partial charge in [0.2, 0.25) is 0 Å². The van der Waals surface area contributed by atoms with Crippen LogP contribution in [0.2, 0.25) is 0 Å². The van der Waals surface area contributed by atoms with Gasteiger partial charge in [0, 0.05) is 19.3 Å². The first kappa shape index (κ1) is 40.4. The number of phosphoric acid groups is 1. The Labute approximate surface area is 254 Å². The summed E-state index contributed by atoms with van der Waals surface area (Å²) in [6, 6.07) is 0. The molecule has 0 heterocycles. The second-order valence-electron chi connectivity index (χ2n) is 11.8. The average Bonchev–Trinajstić information content (AvgIpc) is 2.91. The Balaban J connectivity index is 4.25. The normalized spacial score (nSPS) is 14.0. The number of carbonyl (C=O) groups is 3. The maximum atomic E-state index is 12.2. The Bertz CT molecular complexity index is 783. The third kappa shape index (κ3) is 28.5. The number of phosphoric ester groups is 1. The molecular weight excluding hydrogens is 561 g/mol. The Morgan fingerprint density at radius 3 is 1.93 bits per heavy atom. The van der Waals surface area contributed by atoms with Gasteiger partial charge >= 0.3 is 11.9 Å². The van der Waals surface area contributed by atoms with Crippen molar-refractivity contribution >= 4 is 26.0 Å². The fourth-order valence-electron chi connectivity index (χ4n) is 3.93. The second kappa shape index (κ2) is 25.9. The number of esters is 2. The van der Waals surface area contributed by atoms with Gasteiger partial charge in [-0.15, -0.1) is 0 Å². The molecule has 0 bridgehead atoms. The lowest BCUT2D eigenvalue weighted by Crippen LogP contribution is -2.37. The van der Waals surface area contributed by atoms with Crippen molar-refractivity contribution in [3.8, 4) is 0 Å². The van der Waals surface area contributed by atoms with Crippen LogP contribution in [-0.4, -0.2) is 76.3 Å². The number of hydrogen-bond donors (Lipinski definition) is 0. The van der Waals surface area contributed by atoms with Crippen molar-refractivity contribution in [1.82, 2.24) is 0 Å². The van der Waals surface area contributed by atoms with Crippen molar-refractivity contribution < 1.29 is 46.8 Å². The van der Waals surface area contributed by atoms with Crippen molar-refractivity contribution in [2.24, 2.45) is 0 Å². The highest BCUT2D eigenvalue weighted by Gasteiger charge is 2.21. The van der Waals surface area contributed by atoms with Crippen LogP contribution >= 0.6 is 7.82 Å². The molecule has 10 nitrogen and oxygen atoms in total. The smallest absolute Gasteiger partial charge is 0.306 e. The molecule has 0 spiro atoms. The molecule has 0 aliphatic carbocycles. The molecule has 11 heteroatoms. The molecule has 0 amide bonds. The van der Waals surface area contributed by atoms with E-state index < -0.39 is 32.5 Å². The third-order valence-electron chi connectivity index (χ3n) is 6.50. The van der Waals surface area contributed by atoms with Crippen LogP contribution in [0, 0.1) is 0 Å². The molecule has 1 unspecified atom stereocenters. The molecule has 246 valence electrons. The summed E-state index contributed by atoms with van der Waals surface area (Å²) in [7, 11) is 1.04. The molecule has 2 atom stereocenters. The summed E-state index contributed by atoms with van der Waals surface area (Å²) in [5.74, 6) is -1.08. The molecule has 0 radical (unpaired) electrons. The minimum Gasteiger partial charge on any atom is -0.756 e. The Morgan fingerprint density at radius 2 is 1.33 bits per heavy atom. The number of quaternary nitrogens is 1. The maximum absolute atomic E-state index is 12.2. The van der Waals surface area contributed by atoms with E-state index in [1.165, 1.54) is 44.9 Å². The van der Waals surface area contributed by atoms with E-state index >= 15 is 0 Å². The highest BCUT2D eigenvalue weighted by Crippen LogP contribution is 2.38. The van der Waals surface area contributed by atoms with Gasteiger partial charge in [0.15, 0.2) is 6.10 Å². The van der Waals surface area contributed by atoms with Crippen LogP contribution in [0.5, 0.6) is 0 Å². The minimum atomic E-state index is -4.64. The van der Waals surface area contributed by atoms with Gasteiger partial charge in [0.25, 0.3) is 7.82 Å². The number of nitrogens with zero attached hydrogens (tertiary/aromatic N) is 1. The lowest BCUT2D eigenvalue weighted by molar-refractivity contribution is -0.870. The van der Waals surface area contributed by atoms with Crippen LogP contribution < -0.4 is 4.89 Å². The van der Waals surface area contributed by atoms with Gasteiger partial charge in [-0.1, -0.05) is 70.4 Å². The van der Waals surface area contributed by atoms with Gasteiger partial charge in [-0.25, -0.2) is 0 Å². The molecule has 0 rings (SSSR count). The van der Waals surface area contributed by atoms with Crippen molar-refractivity contribution in [1.29, 1.82) is 0 Å². The first-order valence-corrected chi connectivity index (χ1v) is 17.3. The molecule has 0 aromatic rings. The van der Waals surface area contributed by atoms with Gasteiger partial charge < -0.3 is 32.7 Å². The molecule has 0 aliphatic rings. The number of rotatable bonds is 29. The zero-order chi connectivity index (χ0) is 31.5. The zero-order valence-electron chi connectivity index (χ0n) is 26.7. The minimum absolute atomic E-state index is 0.0207. The second-order valence-corrected chi connectivity index (χ2v) is 13.2. The predicted molar refractivity (Wildman–Crippen MR) is 163 cm³/mol. The van der Waals surface area contributed by atoms with Crippen LogP contribution in [0.4, 0.5) is 0 Å². The van der Waals surface area contributed by atoms with Gasteiger partial charge in [0.05, 0.1) is 27.7 Å². The third-order valence-corrected chi connectivity index (χ3v) is 7.47. The van der Waals surface area contributed by atoms with Gasteiger partial charge in [-0.3, -0.25) is 14.2 Å². The van der Waals surface area contributed by atoms with Crippen LogP contribution in [0.3, 0.4) is 0 Å². The standard InChI is InChI=1S/C31H58NO9P/c1-5-6-7-8-9-10-11-12-13-14-15-16-17-18-19-22-30(34)38-27-29(41-31(35)23-20-21-25-33)28-40-42(36,37)39-26-24-32(2,3)4/h12-13,25,29H,5-11,14-24,26-28H2,1-4H3/b13-12-/t29-/m1/s1. The van der Waals surface area contributed by atoms with E-state index in [9.17, 15) is 23.8 Å². The first-order chi connectivity index (χ1) is 20.0. The molecule has 0 aromatic heterocycles. The quantitative estimate of drug-likeness (QED) is 0.0245. The van der Waals surface area contributed by atoms with Crippen LogP contribution in [0.1, 0.15) is 116 Å².